The Hall–Kier alpha value is -3.22. The molecule has 1 atom stereocenters. The van der Waals surface area contributed by atoms with Gasteiger partial charge in [0.15, 0.2) is 0 Å². The minimum atomic E-state index is -0.246. The van der Waals surface area contributed by atoms with Crippen molar-refractivity contribution in [2.75, 3.05) is 12.4 Å². The first-order chi connectivity index (χ1) is 17.5. The molecule has 0 saturated carbocycles. The summed E-state index contributed by atoms with van der Waals surface area (Å²) in [7, 11) is 1.59. The molecule has 0 fully saturated rings. The fourth-order valence-electron chi connectivity index (χ4n) is 5.45. The second-order valence-electron chi connectivity index (χ2n) is 9.51. The molecule has 2 aromatic heterocycles. The SMILES string of the molecule is COc1ccc(Cl)cc1NC(=O)N1Cc2c(sc3c2CCCC3)-n2cccc2C1c1ccc(C)cc1. The van der Waals surface area contributed by atoms with Crippen LogP contribution in [0, 0.1) is 6.92 Å². The average molecular weight is 518 g/mol. The standard InChI is InChI=1S/C29H28ClN3O2S/c1-18-9-11-19(12-10-18)27-24-7-5-15-32(24)28-22(21-6-3-4-8-26(21)36-28)17-33(27)29(34)31-23-16-20(30)13-14-25(23)35-2/h5,7,9-16,27H,3-4,6,8,17H2,1-2H3,(H,31,34). The minimum Gasteiger partial charge on any atom is -0.495 e. The average Bonchev–Trinajstić information content (AvgIpc) is 3.47. The summed E-state index contributed by atoms with van der Waals surface area (Å²) < 4.78 is 7.81. The number of thiophene rings is 1. The van der Waals surface area contributed by atoms with Gasteiger partial charge in [0, 0.05) is 21.7 Å². The number of anilines is 1. The van der Waals surface area contributed by atoms with Crippen molar-refractivity contribution >= 4 is 34.7 Å². The van der Waals surface area contributed by atoms with Crippen molar-refractivity contribution in [1.29, 1.82) is 0 Å². The van der Waals surface area contributed by atoms with Crippen molar-refractivity contribution < 1.29 is 9.53 Å². The number of amides is 2. The molecule has 0 bridgehead atoms. The zero-order valence-electron chi connectivity index (χ0n) is 20.4. The number of aryl methyl sites for hydroxylation is 2. The molecule has 2 amide bonds. The van der Waals surface area contributed by atoms with E-state index in [1.165, 1.54) is 39.4 Å². The number of aromatic nitrogens is 1. The number of methoxy groups -OCH3 is 1. The number of hydrogen-bond acceptors (Lipinski definition) is 3. The van der Waals surface area contributed by atoms with Gasteiger partial charge >= 0.3 is 6.03 Å². The maximum Gasteiger partial charge on any atom is 0.323 e. The van der Waals surface area contributed by atoms with E-state index >= 15 is 0 Å². The molecule has 184 valence electrons. The summed E-state index contributed by atoms with van der Waals surface area (Å²) in [6.07, 6.45) is 6.76. The molecule has 1 unspecified atom stereocenters. The van der Waals surface area contributed by atoms with Crippen molar-refractivity contribution in [1.82, 2.24) is 9.47 Å². The lowest BCUT2D eigenvalue weighted by atomic mass is 9.95. The van der Waals surface area contributed by atoms with Crippen LogP contribution in [0.2, 0.25) is 5.02 Å². The molecule has 2 aliphatic rings. The van der Waals surface area contributed by atoms with Gasteiger partial charge in [0.05, 0.1) is 31.1 Å². The Bertz CT molecular complexity index is 1440. The lowest BCUT2D eigenvalue weighted by molar-refractivity contribution is 0.194. The second-order valence-corrected chi connectivity index (χ2v) is 11.0. The van der Waals surface area contributed by atoms with Crippen molar-refractivity contribution in [3.05, 3.63) is 98.6 Å². The molecule has 6 rings (SSSR count). The highest BCUT2D eigenvalue weighted by atomic mass is 35.5. The minimum absolute atomic E-state index is 0.183. The van der Waals surface area contributed by atoms with E-state index in [-0.39, 0.29) is 12.1 Å². The summed E-state index contributed by atoms with van der Waals surface area (Å²) in [5.41, 5.74) is 6.63. The molecule has 0 radical (unpaired) electrons. The Morgan fingerprint density at radius 3 is 2.69 bits per heavy atom. The van der Waals surface area contributed by atoms with Crippen LogP contribution in [-0.4, -0.2) is 22.6 Å². The van der Waals surface area contributed by atoms with Crippen molar-refractivity contribution in [3.8, 4) is 10.8 Å². The Kier molecular flexibility index (Phi) is 6.02. The van der Waals surface area contributed by atoms with E-state index in [9.17, 15) is 4.79 Å². The summed E-state index contributed by atoms with van der Waals surface area (Å²) in [4.78, 5) is 17.5. The molecular formula is C29H28ClN3O2S. The molecule has 5 nitrogen and oxygen atoms in total. The number of urea groups is 1. The van der Waals surface area contributed by atoms with E-state index in [0.717, 1.165) is 24.1 Å². The Labute approximate surface area is 220 Å². The summed E-state index contributed by atoms with van der Waals surface area (Å²) in [5, 5.41) is 4.90. The monoisotopic (exact) mass is 517 g/mol. The zero-order valence-corrected chi connectivity index (χ0v) is 22.0. The molecule has 0 spiro atoms. The van der Waals surface area contributed by atoms with E-state index in [4.69, 9.17) is 16.3 Å². The molecule has 2 aromatic carbocycles. The summed E-state index contributed by atoms with van der Waals surface area (Å²) >= 11 is 8.16. The van der Waals surface area contributed by atoms with Crippen LogP contribution >= 0.6 is 22.9 Å². The van der Waals surface area contributed by atoms with Crippen molar-refractivity contribution in [2.24, 2.45) is 0 Å². The zero-order chi connectivity index (χ0) is 24.8. The summed E-state index contributed by atoms with van der Waals surface area (Å²) in [6, 6.07) is 17.5. The number of ether oxygens (including phenoxy) is 1. The number of carbonyl (C=O) groups excluding carboxylic acids is 1. The molecule has 0 saturated heterocycles. The predicted octanol–water partition coefficient (Wildman–Crippen LogP) is 7.53. The lowest BCUT2D eigenvalue weighted by Crippen LogP contribution is -2.38. The Morgan fingerprint density at radius 1 is 1.08 bits per heavy atom. The van der Waals surface area contributed by atoms with E-state index in [1.54, 1.807) is 25.3 Å². The topological polar surface area (TPSA) is 46.5 Å². The number of carbonyl (C=O) groups is 1. The van der Waals surface area contributed by atoms with Gasteiger partial charge in [0.1, 0.15) is 10.8 Å². The quantitative estimate of drug-likeness (QED) is 0.305. The first-order valence-corrected chi connectivity index (χ1v) is 13.5. The van der Waals surface area contributed by atoms with Gasteiger partial charge in [-0.3, -0.25) is 0 Å². The number of rotatable bonds is 3. The first-order valence-electron chi connectivity index (χ1n) is 12.3. The third-order valence-corrected chi connectivity index (χ3v) is 8.80. The summed E-state index contributed by atoms with van der Waals surface area (Å²) in [6.45, 7) is 2.62. The highest BCUT2D eigenvalue weighted by Crippen LogP contribution is 2.44. The highest BCUT2D eigenvalue weighted by molar-refractivity contribution is 7.15. The van der Waals surface area contributed by atoms with Crippen LogP contribution in [0.3, 0.4) is 0 Å². The fraction of sp³-hybridized carbons (Fsp3) is 0.276. The molecule has 7 heteroatoms. The van der Waals surface area contributed by atoms with E-state index in [1.807, 2.05) is 16.2 Å². The maximum atomic E-state index is 14.1. The van der Waals surface area contributed by atoms with Crippen LogP contribution in [0.4, 0.5) is 10.5 Å². The summed E-state index contributed by atoms with van der Waals surface area (Å²) in [5.74, 6) is 0.575. The van der Waals surface area contributed by atoms with Crippen LogP contribution < -0.4 is 10.1 Å². The van der Waals surface area contributed by atoms with Crippen molar-refractivity contribution in [3.63, 3.8) is 0 Å². The third-order valence-electron chi connectivity index (χ3n) is 7.24. The molecule has 4 aromatic rings. The van der Waals surface area contributed by atoms with Gasteiger partial charge in [-0.1, -0.05) is 41.4 Å². The largest absolute Gasteiger partial charge is 0.495 e. The molecule has 1 aliphatic heterocycles. The van der Waals surface area contributed by atoms with Gasteiger partial charge in [-0.25, -0.2) is 4.79 Å². The number of benzene rings is 2. The van der Waals surface area contributed by atoms with Gasteiger partial charge in [-0.05, 0) is 74.1 Å². The van der Waals surface area contributed by atoms with Gasteiger partial charge in [0.25, 0.3) is 0 Å². The van der Waals surface area contributed by atoms with Crippen LogP contribution in [0.1, 0.15) is 51.7 Å². The smallest absolute Gasteiger partial charge is 0.323 e. The molecule has 3 heterocycles. The normalized spacial score (nSPS) is 16.5. The number of halogens is 1. The fourth-order valence-corrected chi connectivity index (χ4v) is 7.03. The third kappa shape index (κ3) is 3.98. The van der Waals surface area contributed by atoms with E-state index < -0.39 is 0 Å². The van der Waals surface area contributed by atoms with Gasteiger partial charge in [-0.2, -0.15) is 0 Å². The van der Waals surface area contributed by atoms with E-state index in [0.29, 0.717) is 23.0 Å². The van der Waals surface area contributed by atoms with Crippen LogP contribution in [0.25, 0.3) is 5.00 Å². The van der Waals surface area contributed by atoms with Crippen molar-refractivity contribution in [2.45, 2.75) is 45.2 Å². The molecule has 36 heavy (non-hydrogen) atoms. The predicted molar refractivity (Wildman–Crippen MR) is 146 cm³/mol. The van der Waals surface area contributed by atoms with E-state index in [2.05, 4.69) is 59.4 Å². The van der Waals surface area contributed by atoms with Gasteiger partial charge in [0.2, 0.25) is 0 Å². The van der Waals surface area contributed by atoms with Gasteiger partial charge in [-0.15, -0.1) is 11.3 Å². The molecule has 1 N–H and O–H groups in total. The number of nitrogens with zero attached hydrogens (tertiary/aromatic N) is 2. The number of fused-ring (bicyclic) bond motifs is 5. The number of hydrogen-bond donors (Lipinski definition) is 1. The first kappa shape index (κ1) is 23.2. The van der Waals surface area contributed by atoms with Crippen LogP contribution in [0.5, 0.6) is 5.75 Å². The molecular weight excluding hydrogens is 490 g/mol. The Morgan fingerprint density at radius 2 is 1.89 bits per heavy atom. The maximum absolute atomic E-state index is 14.1. The lowest BCUT2D eigenvalue weighted by Gasteiger charge is -2.31. The second kappa shape index (κ2) is 9.34. The van der Waals surface area contributed by atoms with Gasteiger partial charge < -0.3 is 19.5 Å². The Balaban J connectivity index is 1.49. The molecule has 1 aliphatic carbocycles. The highest BCUT2D eigenvalue weighted by Gasteiger charge is 2.36. The van der Waals surface area contributed by atoms with Crippen LogP contribution in [-0.2, 0) is 19.4 Å². The number of nitrogens with one attached hydrogen (secondary N) is 1. The van der Waals surface area contributed by atoms with Crippen LogP contribution in [0.15, 0.2) is 60.8 Å².